The van der Waals surface area contributed by atoms with E-state index in [4.69, 9.17) is 11.6 Å². The van der Waals surface area contributed by atoms with E-state index in [1.54, 1.807) is 12.4 Å². The van der Waals surface area contributed by atoms with Crippen LogP contribution in [0.15, 0.2) is 47.6 Å². The molecule has 29 heavy (non-hydrogen) atoms. The van der Waals surface area contributed by atoms with Crippen molar-refractivity contribution in [1.82, 2.24) is 15.0 Å². The number of carbonyl (C=O) groups is 1. The second-order valence-electron chi connectivity index (χ2n) is 7.47. The largest absolute Gasteiger partial charge is 0.349 e. The molecule has 1 aliphatic rings. The summed E-state index contributed by atoms with van der Waals surface area (Å²) in [6.07, 6.45) is 9.89. The van der Waals surface area contributed by atoms with Gasteiger partial charge in [0, 0.05) is 18.4 Å². The van der Waals surface area contributed by atoms with Crippen LogP contribution in [-0.4, -0.2) is 32.4 Å². The molecule has 0 bridgehead atoms. The van der Waals surface area contributed by atoms with Crippen molar-refractivity contribution in [2.75, 3.05) is 7.05 Å². The van der Waals surface area contributed by atoms with Crippen molar-refractivity contribution < 1.29 is 13.2 Å². The lowest BCUT2D eigenvalue weighted by Gasteiger charge is -2.22. The Morgan fingerprint density at radius 2 is 1.90 bits per heavy atom. The molecule has 0 radical (unpaired) electrons. The first-order valence-electron chi connectivity index (χ1n) is 9.82. The number of rotatable bonds is 8. The Bertz CT molecular complexity index is 945. The third-order valence-corrected chi connectivity index (χ3v) is 7.16. The van der Waals surface area contributed by atoms with E-state index in [-0.39, 0.29) is 27.4 Å². The van der Waals surface area contributed by atoms with Gasteiger partial charge >= 0.3 is 0 Å². The number of carbonyl (C=O) groups excluding carboxylic acids is 1. The van der Waals surface area contributed by atoms with Gasteiger partial charge in [-0.1, -0.05) is 37.3 Å². The molecule has 1 fully saturated rings. The third kappa shape index (κ3) is 5.78. The maximum Gasteiger partial charge on any atom is 0.253 e. The average molecular weight is 436 g/mol. The molecule has 1 heterocycles. The number of hydrogen-bond acceptors (Lipinski definition) is 4. The minimum absolute atomic E-state index is 0.0102. The van der Waals surface area contributed by atoms with E-state index < -0.39 is 10.0 Å². The second kappa shape index (κ2) is 9.69. The molecule has 8 heteroatoms. The number of nitrogens with zero attached hydrogens (tertiary/aromatic N) is 1. The fraction of sp³-hybridized carbons (Fsp3) is 0.429. The average Bonchev–Trinajstić information content (AvgIpc) is 3.21. The molecule has 156 valence electrons. The topological polar surface area (TPSA) is 88.2 Å². The number of aromatic nitrogens is 1. The standard InChI is InChI=1S/C21H26ClN3O3S/c1-23-29(27,28)18-6-7-20(22)19(14-18)21(26)25-17(12-15-4-2-3-5-15)13-16-8-10-24-11-9-16/h6-11,14-15,17,23H,2-5,12-13H2,1H3,(H,25,26)/t17-/m0/s1. The van der Waals surface area contributed by atoms with Gasteiger partial charge in [-0.25, -0.2) is 13.1 Å². The van der Waals surface area contributed by atoms with Gasteiger partial charge in [-0.05, 0) is 61.7 Å². The molecule has 0 saturated heterocycles. The van der Waals surface area contributed by atoms with Crippen LogP contribution in [0, 0.1) is 5.92 Å². The monoisotopic (exact) mass is 435 g/mol. The lowest BCUT2D eigenvalue weighted by atomic mass is 9.94. The van der Waals surface area contributed by atoms with Crippen molar-refractivity contribution in [1.29, 1.82) is 0 Å². The maximum atomic E-state index is 13.0. The summed E-state index contributed by atoms with van der Waals surface area (Å²) in [5.74, 6) is 0.230. The Hall–Kier alpha value is -1.96. The normalized spacial score (nSPS) is 15.9. The van der Waals surface area contributed by atoms with Crippen molar-refractivity contribution in [2.24, 2.45) is 5.92 Å². The Balaban J connectivity index is 1.80. The van der Waals surface area contributed by atoms with Crippen LogP contribution in [0.25, 0.3) is 0 Å². The molecule has 1 aromatic carbocycles. The first-order valence-corrected chi connectivity index (χ1v) is 11.7. The molecule has 1 amide bonds. The Kier molecular flexibility index (Phi) is 7.27. The molecule has 6 nitrogen and oxygen atoms in total. The molecule has 3 rings (SSSR count). The van der Waals surface area contributed by atoms with Crippen molar-refractivity contribution in [3.05, 3.63) is 58.9 Å². The molecule has 0 aliphatic heterocycles. The van der Waals surface area contributed by atoms with Gasteiger partial charge in [-0.2, -0.15) is 0 Å². The van der Waals surface area contributed by atoms with Gasteiger partial charge in [0.1, 0.15) is 0 Å². The summed E-state index contributed by atoms with van der Waals surface area (Å²) in [7, 11) is -2.33. The zero-order valence-corrected chi connectivity index (χ0v) is 18.0. The molecular formula is C21H26ClN3O3S. The van der Waals surface area contributed by atoms with Gasteiger partial charge in [0.15, 0.2) is 0 Å². The maximum absolute atomic E-state index is 13.0. The van der Waals surface area contributed by atoms with E-state index in [9.17, 15) is 13.2 Å². The summed E-state index contributed by atoms with van der Waals surface area (Å²) in [6.45, 7) is 0. The molecule has 1 atom stereocenters. The number of halogens is 1. The van der Waals surface area contributed by atoms with Crippen molar-refractivity contribution in [3.8, 4) is 0 Å². The van der Waals surface area contributed by atoms with Crippen LogP contribution in [0.5, 0.6) is 0 Å². The van der Waals surface area contributed by atoms with Gasteiger partial charge in [0.05, 0.1) is 15.5 Å². The van der Waals surface area contributed by atoms with E-state index in [0.717, 1.165) is 12.0 Å². The fourth-order valence-corrected chi connectivity index (χ4v) is 4.83. The fourth-order valence-electron chi connectivity index (χ4n) is 3.87. The number of sulfonamides is 1. The van der Waals surface area contributed by atoms with Gasteiger partial charge in [-0.15, -0.1) is 0 Å². The van der Waals surface area contributed by atoms with Crippen molar-refractivity contribution in [2.45, 2.75) is 49.5 Å². The predicted molar refractivity (Wildman–Crippen MR) is 113 cm³/mol. The lowest BCUT2D eigenvalue weighted by molar-refractivity contribution is 0.0931. The van der Waals surface area contributed by atoms with E-state index in [0.29, 0.717) is 12.3 Å². The lowest BCUT2D eigenvalue weighted by Crippen LogP contribution is -2.38. The Morgan fingerprint density at radius 3 is 2.55 bits per heavy atom. The highest BCUT2D eigenvalue weighted by atomic mass is 35.5. The highest BCUT2D eigenvalue weighted by Crippen LogP contribution is 2.29. The van der Waals surface area contributed by atoms with Crippen molar-refractivity contribution in [3.63, 3.8) is 0 Å². The van der Waals surface area contributed by atoms with Gasteiger partial charge in [-0.3, -0.25) is 9.78 Å². The summed E-state index contributed by atoms with van der Waals surface area (Å²) in [5, 5.41) is 3.31. The van der Waals surface area contributed by atoms with Crippen LogP contribution >= 0.6 is 11.6 Å². The van der Waals surface area contributed by atoms with Crippen LogP contribution in [-0.2, 0) is 16.4 Å². The zero-order chi connectivity index (χ0) is 20.9. The predicted octanol–water partition coefficient (Wildman–Crippen LogP) is 3.56. The SMILES string of the molecule is CNS(=O)(=O)c1ccc(Cl)c(C(=O)N[C@H](Cc2ccncc2)CC2CCCC2)c1. The quantitative estimate of drug-likeness (QED) is 0.663. The number of amides is 1. The summed E-state index contributed by atoms with van der Waals surface area (Å²) in [5.41, 5.74) is 1.26. The van der Waals surface area contributed by atoms with Crippen LogP contribution in [0.2, 0.25) is 5.02 Å². The Labute approximate surface area is 177 Å². The molecule has 2 aromatic rings. The number of pyridine rings is 1. The molecule has 1 aromatic heterocycles. The minimum atomic E-state index is -3.66. The highest BCUT2D eigenvalue weighted by Gasteiger charge is 2.24. The minimum Gasteiger partial charge on any atom is -0.349 e. The van der Waals surface area contributed by atoms with Crippen LogP contribution in [0.1, 0.15) is 48.0 Å². The van der Waals surface area contributed by atoms with Gasteiger partial charge in [0.25, 0.3) is 5.91 Å². The van der Waals surface area contributed by atoms with E-state index >= 15 is 0 Å². The summed E-state index contributed by atoms with van der Waals surface area (Å²) < 4.78 is 26.4. The molecule has 0 unspecified atom stereocenters. The van der Waals surface area contributed by atoms with E-state index in [2.05, 4.69) is 15.0 Å². The number of nitrogens with one attached hydrogen (secondary N) is 2. The van der Waals surface area contributed by atoms with Gasteiger partial charge < -0.3 is 5.32 Å². The molecular weight excluding hydrogens is 410 g/mol. The molecule has 1 saturated carbocycles. The zero-order valence-electron chi connectivity index (χ0n) is 16.4. The van der Waals surface area contributed by atoms with Crippen LogP contribution < -0.4 is 10.0 Å². The number of hydrogen-bond donors (Lipinski definition) is 2. The third-order valence-electron chi connectivity index (χ3n) is 5.42. The van der Waals surface area contributed by atoms with E-state index in [1.807, 2.05) is 12.1 Å². The highest BCUT2D eigenvalue weighted by molar-refractivity contribution is 7.89. The second-order valence-corrected chi connectivity index (χ2v) is 9.76. The van der Waals surface area contributed by atoms with Crippen molar-refractivity contribution >= 4 is 27.5 Å². The summed E-state index contributed by atoms with van der Waals surface area (Å²) in [6, 6.07) is 7.98. The first kappa shape index (κ1) is 21.7. The smallest absolute Gasteiger partial charge is 0.253 e. The Morgan fingerprint density at radius 1 is 1.21 bits per heavy atom. The molecule has 0 spiro atoms. The van der Waals surface area contributed by atoms with E-state index in [1.165, 1.54) is 50.9 Å². The molecule has 1 aliphatic carbocycles. The first-order chi connectivity index (χ1) is 13.9. The summed E-state index contributed by atoms with van der Waals surface area (Å²) in [4.78, 5) is 17.0. The van der Waals surface area contributed by atoms with Crippen LogP contribution in [0.3, 0.4) is 0 Å². The number of benzene rings is 1. The van der Waals surface area contributed by atoms with Gasteiger partial charge in [0.2, 0.25) is 10.0 Å². The summed E-state index contributed by atoms with van der Waals surface area (Å²) >= 11 is 6.21. The van der Waals surface area contributed by atoms with Crippen LogP contribution in [0.4, 0.5) is 0 Å². The molecule has 2 N–H and O–H groups in total.